The molecule has 0 unspecified atom stereocenters. The third-order valence-corrected chi connectivity index (χ3v) is 4.51. The van der Waals surface area contributed by atoms with Crippen molar-refractivity contribution in [2.75, 3.05) is 0 Å². The highest BCUT2D eigenvalue weighted by Gasteiger charge is 2.48. The van der Waals surface area contributed by atoms with Crippen molar-refractivity contribution in [1.29, 1.82) is 0 Å². The Hall–Kier alpha value is -1.94. The van der Waals surface area contributed by atoms with Crippen molar-refractivity contribution >= 4 is 5.78 Å². The van der Waals surface area contributed by atoms with Crippen LogP contribution in [0.2, 0.25) is 0 Å². The van der Waals surface area contributed by atoms with Crippen LogP contribution in [-0.2, 0) is 11.2 Å². The van der Waals surface area contributed by atoms with Crippen molar-refractivity contribution in [3.05, 3.63) is 52.8 Å². The Balaban J connectivity index is 2.24. The number of benzene rings is 1. The van der Waals surface area contributed by atoms with Crippen LogP contribution < -0.4 is 0 Å². The zero-order chi connectivity index (χ0) is 15.2. The highest BCUT2D eigenvalue weighted by atomic mass is 16.3. The highest BCUT2D eigenvalue weighted by Crippen LogP contribution is 2.46. The maximum Gasteiger partial charge on any atom is 0.136 e. The number of aliphatic hydroxyl groups is 1. The summed E-state index contributed by atoms with van der Waals surface area (Å²) in [6.45, 7) is 5.27. The first-order valence-electron chi connectivity index (χ1n) is 7.23. The van der Waals surface area contributed by atoms with Crippen LogP contribution in [0.4, 0.5) is 0 Å². The molecule has 3 atom stereocenters. The van der Waals surface area contributed by atoms with Gasteiger partial charge in [0.2, 0.25) is 0 Å². The zero-order valence-corrected chi connectivity index (χ0v) is 12.6. The second kappa shape index (κ2) is 4.81. The summed E-state index contributed by atoms with van der Waals surface area (Å²) in [4.78, 5) is 12.3. The van der Waals surface area contributed by atoms with Gasteiger partial charge in [-0.3, -0.25) is 9.89 Å². The lowest BCUT2D eigenvalue weighted by Crippen LogP contribution is -2.48. The lowest BCUT2D eigenvalue weighted by atomic mass is 9.64. The van der Waals surface area contributed by atoms with E-state index in [1.54, 1.807) is 13.8 Å². The van der Waals surface area contributed by atoms with Gasteiger partial charge in [0, 0.05) is 23.6 Å². The van der Waals surface area contributed by atoms with Gasteiger partial charge in [-0.25, -0.2) is 0 Å². The van der Waals surface area contributed by atoms with Crippen molar-refractivity contribution < 1.29 is 9.90 Å². The molecule has 0 saturated heterocycles. The van der Waals surface area contributed by atoms with Crippen LogP contribution in [0.25, 0.3) is 0 Å². The quantitative estimate of drug-likeness (QED) is 0.889. The van der Waals surface area contributed by atoms with Gasteiger partial charge in [-0.1, -0.05) is 30.3 Å². The average Bonchev–Trinajstić information content (AvgIpc) is 2.77. The molecule has 0 bridgehead atoms. The molecule has 0 radical (unpaired) electrons. The fraction of sp³-hybridized carbons (Fsp3) is 0.412. The summed E-state index contributed by atoms with van der Waals surface area (Å²) in [6.07, 6.45) is 0.403. The van der Waals surface area contributed by atoms with Crippen molar-refractivity contribution in [2.24, 2.45) is 5.92 Å². The molecule has 1 heterocycles. The summed E-state index contributed by atoms with van der Waals surface area (Å²) in [5.41, 5.74) is 2.86. The number of nitrogens with zero attached hydrogens (tertiary/aromatic N) is 1. The number of aromatic amines is 1. The van der Waals surface area contributed by atoms with E-state index >= 15 is 0 Å². The number of fused-ring (bicyclic) bond motifs is 1. The fourth-order valence-corrected chi connectivity index (χ4v) is 3.70. The lowest BCUT2D eigenvalue weighted by molar-refractivity contribution is -0.130. The second-order valence-corrected chi connectivity index (χ2v) is 6.22. The van der Waals surface area contributed by atoms with Gasteiger partial charge in [0.15, 0.2) is 0 Å². The molecular formula is C17H20N2O2. The van der Waals surface area contributed by atoms with Crippen LogP contribution >= 0.6 is 0 Å². The van der Waals surface area contributed by atoms with Gasteiger partial charge in [0.25, 0.3) is 0 Å². The lowest BCUT2D eigenvalue weighted by Gasteiger charge is -2.41. The predicted molar refractivity (Wildman–Crippen MR) is 80.1 cm³/mol. The smallest absolute Gasteiger partial charge is 0.136 e. The third kappa shape index (κ3) is 2.20. The molecule has 0 fully saturated rings. The van der Waals surface area contributed by atoms with Gasteiger partial charge in [-0.2, -0.15) is 5.10 Å². The fourth-order valence-electron chi connectivity index (χ4n) is 3.70. The molecule has 2 aromatic rings. The molecule has 1 aromatic heterocycles. The Labute approximate surface area is 124 Å². The number of H-pyrrole nitrogens is 1. The van der Waals surface area contributed by atoms with Crippen molar-refractivity contribution in [3.63, 3.8) is 0 Å². The summed E-state index contributed by atoms with van der Waals surface area (Å²) in [5, 5.41) is 18.1. The largest absolute Gasteiger partial charge is 0.389 e. The molecular weight excluding hydrogens is 264 g/mol. The van der Waals surface area contributed by atoms with Gasteiger partial charge in [-0.05, 0) is 26.3 Å². The monoisotopic (exact) mass is 284 g/mol. The van der Waals surface area contributed by atoms with Crippen LogP contribution in [0.3, 0.4) is 0 Å². The number of ketones is 1. The van der Waals surface area contributed by atoms with Crippen LogP contribution in [0.15, 0.2) is 30.3 Å². The maximum atomic E-state index is 12.3. The topological polar surface area (TPSA) is 66.0 Å². The first-order chi connectivity index (χ1) is 9.92. The predicted octanol–water partition coefficient (Wildman–Crippen LogP) is 2.36. The number of rotatable bonds is 2. The summed E-state index contributed by atoms with van der Waals surface area (Å²) < 4.78 is 0. The number of aryl methyl sites for hydroxylation is 1. The Morgan fingerprint density at radius 3 is 2.67 bits per heavy atom. The van der Waals surface area contributed by atoms with Gasteiger partial charge < -0.3 is 5.11 Å². The minimum absolute atomic E-state index is 0.0140. The van der Waals surface area contributed by atoms with E-state index < -0.39 is 11.5 Å². The number of aromatic nitrogens is 2. The number of carbonyl (C=O) groups excluding carboxylic acids is 1. The van der Waals surface area contributed by atoms with Gasteiger partial charge in [-0.15, -0.1) is 0 Å². The average molecular weight is 284 g/mol. The van der Waals surface area contributed by atoms with Crippen LogP contribution in [-0.4, -0.2) is 26.7 Å². The van der Waals surface area contributed by atoms with Crippen molar-refractivity contribution in [2.45, 2.75) is 38.7 Å². The van der Waals surface area contributed by atoms with E-state index in [2.05, 4.69) is 10.2 Å². The minimum atomic E-state index is -1.08. The van der Waals surface area contributed by atoms with E-state index in [4.69, 9.17) is 0 Å². The molecule has 1 aromatic carbocycles. The van der Waals surface area contributed by atoms with E-state index in [1.165, 1.54) is 0 Å². The Kier molecular flexibility index (Phi) is 3.21. The molecule has 21 heavy (non-hydrogen) atoms. The number of hydrogen-bond donors (Lipinski definition) is 2. The Morgan fingerprint density at radius 1 is 1.38 bits per heavy atom. The van der Waals surface area contributed by atoms with E-state index in [9.17, 15) is 9.90 Å². The van der Waals surface area contributed by atoms with Gasteiger partial charge >= 0.3 is 0 Å². The SMILES string of the molecule is CC(=O)[C@H]1[C@@H](c2ccccc2)c2c(n[nH]c2C)C[C@@]1(C)O. The molecule has 0 spiro atoms. The molecule has 2 N–H and O–H groups in total. The van der Waals surface area contributed by atoms with Crippen LogP contribution in [0.1, 0.15) is 42.3 Å². The zero-order valence-electron chi connectivity index (χ0n) is 12.6. The van der Waals surface area contributed by atoms with Gasteiger partial charge in [0.1, 0.15) is 5.78 Å². The molecule has 0 amide bonds. The van der Waals surface area contributed by atoms with Crippen molar-refractivity contribution in [3.8, 4) is 0 Å². The summed E-state index contributed by atoms with van der Waals surface area (Å²) in [5.74, 6) is -0.593. The first-order valence-corrected chi connectivity index (χ1v) is 7.23. The van der Waals surface area contributed by atoms with Gasteiger partial charge in [0.05, 0.1) is 17.2 Å². The van der Waals surface area contributed by atoms with E-state index in [1.807, 2.05) is 37.3 Å². The molecule has 4 heteroatoms. The van der Waals surface area contributed by atoms with E-state index in [0.717, 1.165) is 22.5 Å². The second-order valence-electron chi connectivity index (χ2n) is 6.22. The molecule has 0 aliphatic heterocycles. The molecule has 0 saturated carbocycles. The Morgan fingerprint density at radius 2 is 2.05 bits per heavy atom. The van der Waals surface area contributed by atoms with E-state index in [-0.39, 0.29) is 11.7 Å². The molecule has 110 valence electrons. The van der Waals surface area contributed by atoms with Crippen molar-refractivity contribution in [1.82, 2.24) is 10.2 Å². The summed E-state index contributed by atoms with van der Waals surface area (Å²) >= 11 is 0. The number of Topliss-reactive ketones (excluding diaryl/α,β-unsaturated/α-hetero) is 1. The summed E-state index contributed by atoms with van der Waals surface area (Å²) in [7, 11) is 0. The normalized spacial score (nSPS) is 28.2. The molecule has 4 nitrogen and oxygen atoms in total. The number of carbonyl (C=O) groups is 1. The minimum Gasteiger partial charge on any atom is -0.389 e. The summed E-state index contributed by atoms with van der Waals surface area (Å²) in [6, 6.07) is 9.91. The highest BCUT2D eigenvalue weighted by molar-refractivity contribution is 5.82. The molecule has 1 aliphatic rings. The number of hydrogen-bond acceptors (Lipinski definition) is 3. The standard InChI is InChI=1S/C17H20N2O2/c1-10-14-13(19-18-10)9-17(3,21)16(11(2)20)15(14)12-7-5-4-6-8-12/h4-8,15-16,21H,9H2,1-3H3,(H,18,19)/t15-,16-,17+/m0/s1. The molecule has 3 rings (SSSR count). The van der Waals surface area contributed by atoms with E-state index in [0.29, 0.717) is 6.42 Å². The van der Waals surface area contributed by atoms with Crippen LogP contribution in [0, 0.1) is 12.8 Å². The first kappa shape index (κ1) is 14.0. The molecule has 1 aliphatic carbocycles. The number of nitrogens with one attached hydrogen (secondary N) is 1. The Bertz CT molecular complexity index is 673. The van der Waals surface area contributed by atoms with Crippen LogP contribution in [0.5, 0.6) is 0 Å². The third-order valence-electron chi connectivity index (χ3n) is 4.51. The maximum absolute atomic E-state index is 12.3.